The molecule has 1 aromatic rings. The van der Waals surface area contributed by atoms with Crippen LogP contribution in [-0.2, 0) is 0 Å². The van der Waals surface area contributed by atoms with E-state index >= 15 is 0 Å². The van der Waals surface area contributed by atoms with Gasteiger partial charge in [-0.15, -0.1) is 0 Å². The van der Waals surface area contributed by atoms with Crippen molar-refractivity contribution in [1.29, 1.82) is 0 Å². The fraction of sp³-hybridized carbons (Fsp3) is 0.308. The van der Waals surface area contributed by atoms with Gasteiger partial charge >= 0.3 is 0 Å². The highest BCUT2D eigenvalue weighted by atomic mass is 16.5. The number of nitrogens with zero attached hydrogens (tertiary/aromatic N) is 1. The second kappa shape index (κ2) is 4.84. The van der Waals surface area contributed by atoms with Gasteiger partial charge in [0, 0.05) is 17.8 Å². The molecule has 0 radical (unpaired) electrons. The number of hydrogen-bond acceptors (Lipinski definition) is 3. The van der Waals surface area contributed by atoms with Crippen molar-refractivity contribution < 1.29 is 9.47 Å². The van der Waals surface area contributed by atoms with E-state index < -0.39 is 0 Å². The van der Waals surface area contributed by atoms with E-state index in [1.807, 2.05) is 18.3 Å². The first kappa shape index (κ1) is 10.7. The highest BCUT2D eigenvalue weighted by Gasteiger charge is 2.09. The Hall–Kier alpha value is -1.77. The molecule has 0 spiro atoms. The van der Waals surface area contributed by atoms with Gasteiger partial charge in [-0.2, -0.15) is 0 Å². The van der Waals surface area contributed by atoms with Gasteiger partial charge in [0.25, 0.3) is 0 Å². The number of methoxy groups -OCH3 is 2. The van der Waals surface area contributed by atoms with Crippen LogP contribution in [-0.4, -0.2) is 20.4 Å². The van der Waals surface area contributed by atoms with E-state index in [1.165, 1.54) is 0 Å². The number of benzene rings is 1. The number of aliphatic imine (C=N–C) groups is 1. The molecule has 1 heterocycles. The fourth-order valence-electron chi connectivity index (χ4n) is 1.67. The van der Waals surface area contributed by atoms with Gasteiger partial charge < -0.3 is 9.47 Å². The first-order valence-corrected chi connectivity index (χ1v) is 5.30. The molecule has 0 atom stereocenters. The lowest BCUT2D eigenvalue weighted by Crippen LogP contribution is -1.92. The number of hydrogen-bond donors (Lipinski definition) is 0. The third kappa shape index (κ3) is 2.08. The standard InChI is InChI=1S/C13H15NO2/c1-15-12-8-10-6-4-3-5-7-14-11(10)9-13(12)16-2/h4,6-9H,3,5H2,1-2H3/b6-4-,14-7?. The summed E-state index contributed by atoms with van der Waals surface area (Å²) in [6.07, 6.45) is 8.17. The lowest BCUT2D eigenvalue weighted by molar-refractivity contribution is 0.355. The molecule has 0 saturated carbocycles. The number of rotatable bonds is 2. The van der Waals surface area contributed by atoms with Crippen molar-refractivity contribution in [2.75, 3.05) is 14.2 Å². The number of allylic oxidation sites excluding steroid dienone is 1. The summed E-state index contributed by atoms with van der Waals surface area (Å²) in [5.41, 5.74) is 1.99. The quantitative estimate of drug-likeness (QED) is 0.761. The molecule has 0 N–H and O–H groups in total. The van der Waals surface area contributed by atoms with Crippen molar-refractivity contribution in [2.24, 2.45) is 4.99 Å². The normalized spacial score (nSPS) is 15.9. The molecule has 0 amide bonds. The van der Waals surface area contributed by atoms with Gasteiger partial charge in [0.1, 0.15) is 0 Å². The molecule has 1 aliphatic rings. The van der Waals surface area contributed by atoms with E-state index in [9.17, 15) is 0 Å². The summed E-state index contributed by atoms with van der Waals surface area (Å²) in [4.78, 5) is 4.42. The van der Waals surface area contributed by atoms with Crippen LogP contribution in [0.15, 0.2) is 23.2 Å². The highest BCUT2D eigenvalue weighted by molar-refractivity contribution is 5.75. The minimum absolute atomic E-state index is 0.715. The second-order valence-corrected chi connectivity index (χ2v) is 3.56. The maximum atomic E-state index is 5.26. The predicted molar refractivity (Wildman–Crippen MR) is 66.0 cm³/mol. The Morgan fingerprint density at radius 2 is 1.81 bits per heavy atom. The van der Waals surface area contributed by atoms with Crippen LogP contribution in [0.5, 0.6) is 11.5 Å². The summed E-state index contributed by atoms with van der Waals surface area (Å²) >= 11 is 0. The number of ether oxygens (including phenoxy) is 2. The highest BCUT2D eigenvalue weighted by Crippen LogP contribution is 2.35. The van der Waals surface area contributed by atoms with Crippen LogP contribution in [0.1, 0.15) is 18.4 Å². The van der Waals surface area contributed by atoms with Crippen molar-refractivity contribution in [3.05, 3.63) is 23.8 Å². The van der Waals surface area contributed by atoms with Crippen LogP contribution in [0.25, 0.3) is 6.08 Å². The van der Waals surface area contributed by atoms with Crippen molar-refractivity contribution in [3.63, 3.8) is 0 Å². The Morgan fingerprint density at radius 1 is 1.06 bits per heavy atom. The van der Waals surface area contributed by atoms with Crippen LogP contribution in [0, 0.1) is 0 Å². The smallest absolute Gasteiger partial charge is 0.162 e. The topological polar surface area (TPSA) is 30.8 Å². The number of fused-ring (bicyclic) bond motifs is 1. The van der Waals surface area contributed by atoms with Gasteiger partial charge in [-0.3, -0.25) is 4.99 Å². The lowest BCUT2D eigenvalue weighted by Gasteiger charge is -2.11. The fourth-order valence-corrected chi connectivity index (χ4v) is 1.67. The zero-order chi connectivity index (χ0) is 11.4. The van der Waals surface area contributed by atoms with Gasteiger partial charge in [0.15, 0.2) is 11.5 Å². The lowest BCUT2D eigenvalue weighted by atomic mass is 10.1. The molecule has 0 bridgehead atoms. The van der Waals surface area contributed by atoms with Crippen LogP contribution in [0.3, 0.4) is 0 Å². The third-order valence-electron chi connectivity index (χ3n) is 2.52. The summed E-state index contributed by atoms with van der Waals surface area (Å²) in [7, 11) is 3.27. The molecule has 2 rings (SSSR count). The van der Waals surface area contributed by atoms with Gasteiger partial charge in [-0.05, 0) is 18.9 Å². The first-order chi connectivity index (χ1) is 7.85. The van der Waals surface area contributed by atoms with Gasteiger partial charge in [0.2, 0.25) is 0 Å². The molecule has 0 saturated heterocycles. The molecular weight excluding hydrogens is 202 g/mol. The molecule has 16 heavy (non-hydrogen) atoms. The Bertz CT molecular complexity index is 395. The molecule has 84 valence electrons. The zero-order valence-corrected chi connectivity index (χ0v) is 9.56. The van der Waals surface area contributed by atoms with Crippen molar-refractivity contribution in [2.45, 2.75) is 12.8 Å². The Morgan fingerprint density at radius 3 is 2.56 bits per heavy atom. The molecule has 3 nitrogen and oxygen atoms in total. The summed E-state index contributed by atoms with van der Waals surface area (Å²) < 4.78 is 10.5. The van der Waals surface area contributed by atoms with E-state index in [0.29, 0.717) is 5.75 Å². The van der Waals surface area contributed by atoms with Gasteiger partial charge in [-0.1, -0.05) is 12.2 Å². The van der Waals surface area contributed by atoms with Crippen molar-refractivity contribution in [3.8, 4) is 11.5 Å². The van der Waals surface area contributed by atoms with Crippen LogP contribution in [0.2, 0.25) is 0 Å². The van der Waals surface area contributed by atoms with Gasteiger partial charge in [0.05, 0.1) is 19.9 Å². The SMILES string of the molecule is COc1cc2c(cc1OC)N=CCC/C=C\2. The predicted octanol–water partition coefficient (Wildman–Crippen LogP) is 3.21. The molecule has 3 heteroatoms. The van der Waals surface area contributed by atoms with E-state index in [4.69, 9.17) is 9.47 Å². The Labute approximate surface area is 95.4 Å². The zero-order valence-electron chi connectivity index (χ0n) is 9.56. The summed E-state index contributed by atoms with van der Waals surface area (Å²) in [6.45, 7) is 0. The van der Waals surface area contributed by atoms with Crippen molar-refractivity contribution in [1.82, 2.24) is 0 Å². The van der Waals surface area contributed by atoms with Crippen molar-refractivity contribution >= 4 is 18.0 Å². The molecular formula is C13H15NO2. The molecule has 0 unspecified atom stereocenters. The van der Waals surface area contributed by atoms with Gasteiger partial charge in [-0.25, -0.2) is 0 Å². The van der Waals surface area contributed by atoms with E-state index in [0.717, 1.165) is 29.8 Å². The van der Waals surface area contributed by atoms with Crippen LogP contribution < -0.4 is 9.47 Å². The molecule has 0 fully saturated rings. The molecule has 1 aliphatic heterocycles. The summed E-state index contributed by atoms with van der Waals surface area (Å²) in [6, 6.07) is 3.85. The third-order valence-corrected chi connectivity index (χ3v) is 2.52. The maximum absolute atomic E-state index is 5.26. The largest absolute Gasteiger partial charge is 0.493 e. The average molecular weight is 217 g/mol. The van der Waals surface area contributed by atoms with E-state index in [2.05, 4.69) is 17.1 Å². The second-order valence-electron chi connectivity index (χ2n) is 3.56. The van der Waals surface area contributed by atoms with Crippen LogP contribution in [0.4, 0.5) is 5.69 Å². The summed E-state index contributed by atoms with van der Waals surface area (Å²) in [5, 5.41) is 0. The van der Waals surface area contributed by atoms with E-state index in [1.54, 1.807) is 14.2 Å². The Balaban J connectivity index is 2.53. The first-order valence-electron chi connectivity index (χ1n) is 5.30. The summed E-state index contributed by atoms with van der Waals surface area (Å²) in [5.74, 6) is 1.45. The maximum Gasteiger partial charge on any atom is 0.162 e. The minimum Gasteiger partial charge on any atom is -0.493 e. The average Bonchev–Trinajstić information content (AvgIpc) is 2.29. The molecule has 1 aromatic carbocycles. The molecule has 0 aliphatic carbocycles. The van der Waals surface area contributed by atoms with E-state index in [-0.39, 0.29) is 0 Å². The molecule has 0 aromatic heterocycles. The Kier molecular flexibility index (Phi) is 3.25. The minimum atomic E-state index is 0.715. The monoisotopic (exact) mass is 217 g/mol. The van der Waals surface area contributed by atoms with Crippen LogP contribution >= 0.6 is 0 Å².